The van der Waals surface area contributed by atoms with Crippen LogP contribution in [0.25, 0.3) is 0 Å². The topological polar surface area (TPSA) is 46.6 Å². The summed E-state index contributed by atoms with van der Waals surface area (Å²) < 4.78 is 44.9. The summed E-state index contributed by atoms with van der Waals surface area (Å²) in [5, 5.41) is 0. The molecule has 0 unspecified atom stereocenters. The van der Waals surface area contributed by atoms with Crippen LogP contribution in [0.5, 0.6) is 0 Å². The summed E-state index contributed by atoms with van der Waals surface area (Å²) in [6.07, 6.45) is 1.73. The van der Waals surface area contributed by atoms with Crippen LogP contribution in [-0.4, -0.2) is 39.5 Å². The molecule has 0 N–H and O–H groups in total. The lowest BCUT2D eigenvalue weighted by Gasteiger charge is -2.27. The Bertz CT molecular complexity index is 568. The second kappa shape index (κ2) is 6.20. The van der Waals surface area contributed by atoms with Crippen LogP contribution in [0.2, 0.25) is 0 Å². The number of rotatable bonds is 4. The number of sulfonamides is 1. The lowest BCUT2D eigenvalue weighted by Crippen LogP contribution is -2.34. The third-order valence-electron chi connectivity index (χ3n) is 3.69. The van der Waals surface area contributed by atoms with Gasteiger partial charge in [0.1, 0.15) is 5.82 Å². The zero-order valence-electron chi connectivity index (χ0n) is 11.8. The van der Waals surface area contributed by atoms with Crippen LogP contribution < -0.4 is 0 Å². The molecule has 0 atom stereocenters. The molecule has 1 aliphatic rings. The monoisotopic (exact) mass is 301 g/mol. The van der Waals surface area contributed by atoms with Crippen LogP contribution in [0.15, 0.2) is 23.1 Å². The maximum absolute atomic E-state index is 13.3. The van der Waals surface area contributed by atoms with Crippen molar-refractivity contribution in [1.29, 1.82) is 0 Å². The van der Waals surface area contributed by atoms with Gasteiger partial charge in [-0.25, -0.2) is 17.1 Å². The van der Waals surface area contributed by atoms with Crippen molar-refractivity contribution < 1.29 is 17.5 Å². The Hall–Kier alpha value is -0.980. The van der Waals surface area contributed by atoms with Crippen LogP contribution in [0.1, 0.15) is 18.4 Å². The van der Waals surface area contributed by atoms with Gasteiger partial charge in [-0.2, -0.15) is 0 Å². The summed E-state index contributed by atoms with van der Waals surface area (Å²) in [6.45, 7) is 3.48. The molecule has 1 saturated heterocycles. The first-order valence-electron chi connectivity index (χ1n) is 6.71. The third-order valence-corrected chi connectivity index (χ3v) is 5.66. The van der Waals surface area contributed by atoms with Gasteiger partial charge in [-0.15, -0.1) is 0 Å². The standard InChI is InChI=1S/C14H20FNO3S/c1-11-3-4-13(15)9-14(11)20(17,18)16(2)10-12-5-7-19-8-6-12/h3-4,9,12H,5-8,10H2,1-2H3. The van der Waals surface area contributed by atoms with Crippen molar-refractivity contribution in [2.24, 2.45) is 5.92 Å². The van der Waals surface area contributed by atoms with Gasteiger partial charge in [0.25, 0.3) is 0 Å². The molecule has 1 aliphatic heterocycles. The van der Waals surface area contributed by atoms with Crippen LogP contribution >= 0.6 is 0 Å². The van der Waals surface area contributed by atoms with Crippen LogP contribution in [0, 0.1) is 18.7 Å². The van der Waals surface area contributed by atoms with Gasteiger partial charge in [0.2, 0.25) is 10.0 Å². The predicted molar refractivity (Wildman–Crippen MR) is 74.5 cm³/mol. The van der Waals surface area contributed by atoms with Crippen molar-refractivity contribution in [3.05, 3.63) is 29.6 Å². The summed E-state index contributed by atoms with van der Waals surface area (Å²) in [5.74, 6) is -0.231. The summed E-state index contributed by atoms with van der Waals surface area (Å²) in [7, 11) is -2.09. The van der Waals surface area contributed by atoms with E-state index in [0.29, 0.717) is 31.2 Å². The largest absolute Gasteiger partial charge is 0.381 e. The Morgan fingerprint density at radius 3 is 2.65 bits per heavy atom. The molecule has 0 bridgehead atoms. The van der Waals surface area contributed by atoms with Gasteiger partial charge in [-0.3, -0.25) is 0 Å². The molecule has 1 heterocycles. The van der Waals surface area contributed by atoms with Crippen LogP contribution in [-0.2, 0) is 14.8 Å². The van der Waals surface area contributed by atoms with Crippen molar-refractivity contribution in [3.8, 4) is 0 Å². The fraction of sp³-hybridized carbons (Fsp3) is 0.571. The van der Waals surface area contributed by atoms with E-state index in [1.165, 1.54) is 16.4 Å². The summed E-state index contributed by atoms with van der Waals surface area (Å²) in [5.41, 5.74) is 0.560. The van der Waals surface area contributed by atoms with E-state index in [-0.39, 0.29) is 4.90 Å². The maximum Gasteiger partial charge on any atom is 0.243 e. The Labute approximate surface area is 119 Å². The lowest BCUT2D eigenvalue weighted by atomic mass is 10.0. The Morgan fingerprint density at radius 2 is 2.00 bits per heavy atom. The van der Waals surface area contributed by atoms with E-state index in [9.17, 15) is 12.8 Å². The average Bonchev–Trinajstić information content (AvgIpc) is 2.42. The van der Waals surface area contributed by atoms with E-state index in [1.807, 2.05) is 0 Å². The molecule has 6 heteroatoms. The highest BCUT2D eigenvalue weighted by Crippen LogP contribution is 2.23. The molecule has 4 nitrogen and oxygen atoms in total. The van der Waals surface area contributed by atoms with E-state index < -0.39 is 15.8 Å². The molecule has 2 rings (SSSR count). The van der Waals surface area contributed by atoms with Gasteiger partial charge in [-0.1, -0.05) is 6.07 Å². The SMILES string of the molecule is Cc1ccc(F)cc1S(=O)(=O)N(C)CC1CCOCC1. The second-order valence-electron chi connectivity index (χ2n) is 5.25. The van der Waals surface area contributed by atoms with Gasteiger partial charge in [0.15, 0.2) is 0 Å². The molecule has 0 aliphatic carbocycles. The van der Waals surface area contributed by atoms with Crippen LogP contribution in [0.4, 0.5) is 4.39 Å². The van der Waals surface area contributed by atoms with Crippen molar-refractivity contribution in [3.63, 3.8) is 0 Å². The zero-order chi connectivity index (χ0) is 14.8. The Balaban J connectivity index is 2.18. The van der Waals surface area contributed by atoms with Crippen LogP contribution in [0.3, 0.4) is 0 Å². The summed E-state index contributed by atoms with van der Waals surface area (Å²) in [6, 6.07) is 3.85. The summed E-state index contributed by atoms with van der Waals surface area (Å²) in [4.78, 5) is 0.0482. The smallest absolute Gasteiger partial charge is 0.243 e. The molecule has 1 aromatic carbocycles. The number of hydrogen-bond acceptors (Lipinski definition) is 3. The highest BCUT2D eigenvalue weighted by atomic mass is 32.2. The number of aryl methyl sites for hydroxylation is 1. The fourth-order valence-electron chi connectivity index (χ4n) is 2.41. The molecule has 0 radical (unpaired) electrons. The van der Waals surface area contributed by atoms with Gasteiger partial charge in [0, 0.05) is 26.8 Å². The molecule has 20 heavy (non-hydrogen) atoms. The van der Waals surface area contributed by atoms with E-state index in [0.717, 1.165) is 18.9 Å². The number of benzene rings is 1. The first-order valence-corrected chi connectivity index (χ1v) is 8.15. The van der Waals surface area contributed by atoms with E-state index in [4.69, 9.17) is 4.74 Å². The molecular formula is C14H20FNO3S. The number of nitrogens with zero attached hydrogens (tertiary/aromatic N) is 1. The van der Waals surface area contributed by atoms with Crippen molar-refractivity contribution in [2.45, 2.75) is 24.7 Å². The average molecular weight is 301 g/mol. The first-order chi connectivity index (χ1) is 9.41. The fourth-order valence-corrected chi connectivity index (χ4v) is 3.89. The summed E-state index contributed by atoms with van der Waals surface area (Å²) >= 11 is 0. The predicted octanol–water partition coefficient (Wildman–Crippen LogP) is 2.18. The molecular weight excluding hydrogens is 281 g/mol. The number of ether oxygens (including phenoxy) is 1. The molecule has 0 saturated carbocycles. The van der Waals surface area contributed by atoms with Gasteiger partial charge < -0.3 is 4.74 Å². The third kappa shape index (κ3) is 3.37. The van der Waals surface area contributed by atoms with E-state index in [1.54, 1.807) is 14.0 Å². The molecule has 1 aromatic rings. The lowest BCUT2D eigenvalue weighted by molar-refractivity contribution is 0.0620. The minimum Gasteiger partial charge on any atom is -0.381 e. The molecule has 0 spiro atoms. The van der Waals surface area contributed by atoms with E-state index in [2.05, 4.69) is 0 Å². The van der Waals surface area contributed by atoms with Crippen molar-refractivity contribution >= 4 is 10.0 Å². The van der Waals surface area contributed by atoms with Gasteiger partial charge in [-0.05, 0) is 43.4 Å². The zero-order valence-corrected chi connectivity index (χ0v) is 12.6. The molecule has 1 fully saturated rings. The highest BCUT2D eigenvalue weighted by Gasteiger charge is 2.26. The van der Waals surface area contributed by atoms with Crippen molar-refractivity contribution in [2.75, 3.05) is 26.8 Å². The molecule has 0 aromatic heterocycles. The van der Waals surface area contributed by atoms with E-state index >= 15 is 0 Å². The second-order valence-corrected chi connectivity index (χ2v) is 7.26. The Kier molecular flexibility index (Phi) is 4.78. The first kappa shape index (κ1) is 15.4. The van der Waals surface area contributed by atoms with Crippen molar-refractivity contribution in [1.82, 2.24) is 4.31 Å². The highest BCUT2D eigenvalue weighted by molar-refractivity contribution is 7.89. The quantitative estimate of drug-likeness (QED) is 0.856. The number of halogens is 1. The maximum atomic E-state index is 13.3. The number of hydrogen-bond donors (Lipinski definition) is 0. The molecule has 0 amide bonds. The van der Waals surface area contributed by atoms with Gasteiger partial charge >= 0.3 is 0 Å². The van der Waals surface area contributed by atoms with Gasteiger partial charge in [0.05, 0.1) is 4.90 Å². The Morgan fingerprint density at radius 1 is 1.35 bits per heavy atom. The molecule has 112 valence electrons. The normalized spacial score (nSPS) is 17.6. The minimum atomic E-state index is -3.64. The minimum absolute atomic E-state index is 0.0482.